The Morgan fingerprint density at radius 2 is 2.24 bits per heavy atom. The van der Waals surface area contributed by atoms with E-state index in [-0.39, 0.29) is 12.5 Å². The number of nitrogens with zero attached hydrogens (tertiary/aromatic N) is 4. The van der Waals surface area contributed by atoms with Crippen molar-refractivity contribution in [3.63, 3.8) is 0 Å². The first kappa shape index (κ1) is 15.8. The molecule has 1 atom stereocenters. The third kappa shape index (κ3) is 3.02. The van der Waals surface area contributed by atoms with Gasteiger partial charge in [-0.2, -0.15) is 0 Å². The summed E-state index contributed by atoms with van der Waals surface area (Å²) in [6.45, 7) is 0.868. The first-order chi connectivity index (χ1) is 12.0. The first-order valence-corrected chi connectivity index (χ1v) is 8.37. The van der Waals surface area contributed by atoms with Gasteiger partial charge in [0.05, 0.1) is 12.1 Å². The van der Waals surface area contributed by atoms with Crippen LogP contribution in [-0.4, -0.2) is 49.4 Å². The lowest BCUT2D eigenvalue weighted by atomic mass is 9.89. The Bertz CT molecular complexity index is 883. The molecule has 1 fully saturated rings. The number of carbonyl (C=O) groups is 1. The number of aliphatic hydroxyl groups is 1. The van der Waals surface area contributed by atoms with Gasteiger partial charge < -0.3 is 19.0 Å². The highest BCUT2D eigenvalue weighted by Gasteiger charge is 2.37. The molecule has 0 aliphatic carbocycles. The number of fused-ring (bicyclic) bond motifs is 1. The molecule has 0 saturated carbocycles. The number of amides is 1. The number of carbonyl (C=O) groups excluding carboxylic acids is 1. The van der Waals surface area contributed by atoms with Crippen LogP contribution in [0.5, 0.6) is 0 Å². The minimum atomic E-state index is -0.999. The van der Waals surface area contributed by atoms with Crippen LogP contribution >= 0.6 is 0 Å². The molecule has 1 unspecified atom stereocenters. The smallest absolute Gasteiger partial charge is 0.289 e. The topological polar surface area (TPSA) is 84.4 Å². The highest BCUT2D eigenvalue weighted by Crippen LogP contribution is 2.27. The van der Waals surface area contributed by atoms with Crippen molar-refractivity contribution in [1.29, 1.82) is 0 Å². The molecule has 0 bridgehead atoms. The van der Waals surface area contributed by atoms with Gasteiger partial charge in [0, 0.05) is 25.4 Å². The third-order valence-electron chi connectivity index (χ3n) is 4.77. The molecule has 1 saturated heterocycles. The van der Waals surface area contributed by atoms with Gasteiger partial charge in [-0.25, -0.2) is 0 Å². The standard InChI is InChI=1S/C18H20N4O3/c1-21-12-19-20-16(21)10-18(24)7-4-8-22(11-18)17(23)15-9-13-5-2-3-6-14(13)25-15/h2-3,5-6,9,12,24H,4,7-8,10-11H2,1H3. The number of furan rings is 1. The molecule has 4 rings (SSSR count). The Morgan fingerprint density at radius 1 is 1.40 bits per heavy atom. The van der Waals surface area contributed by atoms with Crippen LogP contribution in [0.2, 0.25) is 0 Å². The quantitative estimate of drug-likeness (QED) is 0.785. The van der Waals surface area contributed by atoms with Crippen LogP contribution in [0.3, 0.4) is 0 Å². The van der Waals surface area contributed by atoms with Crippen molar-refractivity contribution >= 4 is 16.9 Å². The normalized spacial score (nSPS) is 21.0. The van der Waals surface area contributed by atoms with Crippen molar-refractivity contribution in [2.75, 3.05) is 13.1 Å². The van der Waals surface area contributed by atoms with Gasteiger partial charge in [0.1, 0.15) is 17.7 Å². The number of piperidine rings is 1. The molecule has 1 N–H and O–H groups in total. The van der Waals surface area contributed by atoms with Gasteiger partial charge in [-0.1, -0.05) is 18.2 Å². The zero-order chi connectivity index (χ0) is 17.4. The molecule has 7 nitrogen and oxygen atoms in total. The predicted molar refractivity (Wildman–Crippen MR) is 91.0 cm³/mol. The van der Waals surface area contributed by atoms with Gasteiger partial charge in [0.25, 0.3) is 5.91 Å². The number of aryl methyl sites for hydroxylation is 1. The second-order valence-electron chi connectivity index (χ2n) is 6.74. The first-order valence-electron chi connectivity index (χ1n) is 8.37. The lowest BCUT2D eigenvalue weighted by Crippen LogP contribution is -2.51. The van der Waals surface area contributed by atoms with Crippen molar-refractivity contribution in [3.05, 3.63) is 48.2 Å². The summed E-state index contributed by atoms with van der Waals surface area (Å²) in [6.07, 6.45) is 3.34. The van der Waals surface area contributed by atoms with Crippen LogP contribution in [0.15, 0.2) is 41.1 Å². The summed E-state index contributed by atoms with van der Waals surface area (Å²) in [5.74, 6) is 0.830. The number of β-amino-alcohol motifs (C(OH)–C–C–N with tert-alkyl or cyclic N) is 1. The Hall–Kier alpha value is -2.67. The van der Waals surface area contributed by atoms with Crippen LogP contribution < -0.4 is 0 Å². The van der Waals surface area contributed by atoms with E-state index in [1.807, 2.05) is 31.3 Å². The SMILES string of the molecule is Cn1cnnc1CC1(O)CCCN(C(=O)c2cc3ccccc3o2)C1. The lowest BCUT2D eigenvalue weighted by Gasteiger charge is -2.38. The molecule has 3 aromatic rings. The van der Waals surface area contributed by atoms with Crippen LogP contribution in [0.4, 0.5) is 0 Å². The number of likely N-dealkylation sites (tertiary alicyclic amines) is 1. The maximum atomic E-state index is 12.8. The molecule has 1 amide bonds. The molecule has 0 radical (unpaired) electrons. The van der Waals surface area contributed by atoms with Crippen molar-refractivity contribution in [2.45, 2.75) is 24.9 Å². The molecule has 7 heteroatoms. The van der Waals surface area contributed by atoms with E-state index in [0.717, 1.165) is 11.8 Å². The molecule has 130 valence electrons. The van der Waals surface area contributed by atoms with Crippen molar-refractivity contribution in [3.8, 4) is 0 Å². The molecule has 0 spiro atoms. The summed E-state index contributed by atoms with van der Waals surface area (Å²) in [5, 5.41) is 19.8. The zero-order valence-corrected chi connectivity index (χ0v) is 14.1. The largest absolute Gasteiger partial charge is 0.451 e. The Balaban J connectivity index is 1.53. The molecule has 1 aliphatic heterocycles. The van der Waals surface area contributed by atoms with Crippen molar-refractivity contribution < 1.29 is 14.3 Å². The minimum Gasteiger partial charge on any atom is -0.451 e. The summed E-state index contributed by atoms with van der Waals surface area (Å²) in [4.78, 5) is 14.5. The molecule has 2 aromatic heterocycles. The number of hydrogen-bond acceptors (Lipinski definition) is 5. The van der Waals surface area contributed by atoms with Crippen molar-refractivity contribution in [2.24, 2.45) is 7.05 Å². The van der Waals surface area contributed by atoms with E-state index in [9.17, 15) is 9.90 Å². The fraction of sp³-hybridized carbons (Fsp3) is 0.389. The van der Waals surface area contributed by atoms with Gasteiger partial charge in [-0.3, -0.25) is 4.79 Å². The summed E-state index contributed by atoms with van der Waals surface area (Å²) < 4.78 is 7.47. The lowest BCUT2D eigenvalue weighted by molar-refractivity contribution is -0.0265. The van der Waals surface area contributed by atoms with E-state index in [2.05, 4.69) is 10.2 Å². The minimum absolute atomic E-state index is 0.188. The third-order valence-corrected chi connectivity index (χ3v) is 4.77. The maximum Gasteiger partial charge on any atom is 0.289 e. The fourth-order valence-corrected chi connectivity index (χ4v) is 3.43. The number of aromatic nitrogens is 3. The van der Waals surface area contributed by atoms with E-state index in [0.29, 0.717) is 36.6 Å². The van der Waals surface area contributed by atoms with E-state index < -0.39 is 5.60 Å². The molecular formula is C18H20N4O3. The summed E-state index contributed by atoms with van der Waals surface area (Å²) >= 11 is 0. The van der Waals surface area contributed by atoms with E-state index in [4.69, 9.17) is 4.42 Å². The number of rotatable bonds is 3. The van der Waals surface area contributed by atoms with E-state index in [1.54, 1.807) is 21.9 Å². The van der Waals surface area contributed by atoms with Gasteiger partial charge in [-0.05, 0) is 25.0 Å². The second-order valence-corrected chi connectivity index (χ2v) is 6.74. The fourth-order valence-electron chi connectivity index (χ4n) is 3.43. The average Bonchev–Trinajstić information content (AvgIpc) is 3.20. The Labute approximate surface area is 144 Å². The molecule has 1 aromatic carbocycles. The molecule has 1 aliphatic rings. The summed E-state index contributed by atoms with van der Waals surface area (Å²) in [6, 6.07) is 9.30. The second kappa shape index (κ2) is 6.00. The van der Waals surface area contributed by atoms with Crippen LogP contribution in [0, 0.1) is 0 Å². The molecule has 25 heavy (non-hydrogen) atoms. The molecular weight excluding hydrogens is 320 g/mol. The van der Waals surface area contributed by atoms with Gasteiger partial charge in [0.15, 0.2) is 5.76 Å². The Morgan fingerprint density at radius 3 is 3.00 bits per heavy atom. The Kier molecular flexibility index (Phi) is 3.80. The van der Waals surface area contributed by atoms with E-state index in [1.165, 1.54) is 0 Å². The van der Waals surface area contributed by atoms with Crippen LogP contribution in [0.25, 0.3) is 11.0 Å². The summed E-state index contributed by atoms with van der Waals surface area (Å²) in [5.41, 5.74) is -0.307. The number of hydrogen-bond donors (Lipinski definition) is 1. The monoisotopic (exact) mass is 340 g/mol. The number of para-hydroxylation sites is 1. The maximum absolute atomic E-state index is 12.8. The summed E-state index contributed by atoms with van der Waals surface area (Å²) in [7, 11) is 1.85. The number of benzene rings is 1. The van der Waals surface area contributed by atoms with Gasteiger partial charge in [-0.15, -0.1) is 10.2 Å². The highest BCUT2D eigenvalue weighted by atomic mass is 16.3. The predicted octanol–water partition coefficient (Wildman–Crippen LogP) is 1.77. The van der Waals surface area contributed by atoms with Crippen LogP contribution in [-0.2, 0) is 13.5 Å². The highest BCUT2D eigenvalue weighted by molar-refractivity contribution is 5.96. The van der Waals surface area contributed by atoms with Gasteiger partial charge >= 0.3 is 0 Å². The van der Waals surface area contributed by atoms with Crippen molar-refractivity contribution in [1.82, 2.24) is 19.7 Å². The van der Waals surface area contributed by atoms with Gasteiger partial charge in [0.2, 0.25) is 0 Å². The van der Waals surface area contributed by atoms with E-state index >= 15 is 0 Å². The zero-order valence-electron chi connectivity index (χ0n) is 14.1. The molecule has 3 heterocycles. The van der Waals surface area contributed by atoms with Crippen LogP contribution in [0.1, 0.15) is 29.2 Å². The average molecular weight is 340 g/mol.